The van der Waals surface area contributed by atoms with Crippen LogP contribution in [0.4, 0.5) is 0 Å². The molecule has 0 radical (unpaired) electrons. The van der Waals surface area contributed by atoms with E-state index in [-0.39, 0.29) is 5.63 Å². The SMILES string of the molecule is COC(=O)[C@H](Oc1cc(C)cc2oc(=O)c(Cc3ccccc3)c(C)c12)c1ccccc1. The molecule has 4 aromatic rings. The van der Waals surface area contributed by atoms with Crippen LogP contribution in [0.15, 0.2) is 82.0 Å². The molecule has 0 saturated carbocycles. The van der Waals surface area contributed by atoms with E-state index in [4.69, 9.17) is 13.9 Å². The highest BCUT2D eigenvalue weighted by atomic mass is 16.6. The van der Waals surface area contributed by atoms with Gasteiger partial charge in [-0.25, -0.2) is 9.59 Å². The van der Waals surface area contributed by atoms with E-state index in [2.05, 4.69) is 0 Å². The molecule has 5 nitrogen and oxygen atoms in total. The third-order valence-electron chi connectivity index (χ3n) is 5.47. The van der Waals surface area contributed by atoms with E-state index in [0.717, 1.165) is 16.7 Å². The number of fused-ring (bicyclic) bond motifs is 1. The van der Waals surface area contributed by atoms with E-state index in [0.29, 0.717) is 34.3 Å². The number of methoxy groups -OCH3 is 1. The zero-order valence-corrected chi connectivity index (χ0v) is 18.3. The summed E-state index contributed by atoms with van der Waals surface area (Å²) in [5.74, 6) is -0.0415. The van der Waals surface area contributed by atoms with Crippen LogP contribution in [0.25, 0.3) is 11.0 Å². The summed E-state index contributed by atoms with van der Waals surface area (Å²) in [4.78, 5) is 25.4. The fourth-order valence-corrected chi connectivity index (χ4v) is 3.85. The van der Waals surface area contributed by atoms with Crippen molar-refractivity contribution < 1.29 is 18.7 Å². The minimum Gasteiger partial charge on any atom is -0.473 e. The maximum atomic E-state index is 12.8. The Balaban J connectivity index is 1.86. The molecule has 0 aliphatic heterocycles. The summed E-state index contributed by atoms with van der Waals surface area (Å²) in [5, 5.41) is 0.672. The normalized spacial score (nSPS) is 11.8. The standard InChI is InChI=1S/C27H24O5/c1-17-14-22(31-25(27(29)30-3)20-12-8-5-9-13-20)24-18(2)21(26(28)32-23(24)15-17)16-19-10-6-4-7-11-19/h4-15,25H,16H2,1-3H3/t25-/m1/s1. The summed E-state index contributed by atoms with van der Waals surface area (Å²) in [6.07, 6.45) is -0.507. The first-order valence-electron chi connectivity index (χ1n) is 10.4. The van der Waals surface area contributed by atoms with Crippen molar-refractivity contribution in [3.05, 3.63) is 111 Å². The first-order valence-corrected chi connectivity index (χ1v) is 10.4. The number of carbonyl (C=O) groups excluding carboxylic acids is 1. The van der Waals surface area contributed by atoms with Crippen LogP contribution in [-0.2, 0) is 16.0 Å². The lowest BCUT2D eigenvalue weighted by Crippen LogP contribution is -2.20. The number of carbonyl (C=O) groups is 1. The second kappa shape index (κ2) is 9.10. The van der Waals surface area contributed by atoms with Crippen molar-refractivity contribution in [3.8, 4) is 5.75 Å². The third kappa shape index (κ3) is 4.28. The van der Waals surface area contributed by atoms with Crippen LogP contribution >= 0.6 is 0 Å². The Kier molecular flexibility index (Phi) is 6.08. The van der Waals surface area contributed by atoms with Gasteiger partial charge < -0.3 is 13.9 Å². The maximum Gasteiger partial charge on any atom is 0.351 e. The van der Waals surface area contributed by atoms with E-state index >= 15 is 0 Å². The van der Waals surface area contributed by atoms with Gasteiger partial charge in [-0.05, 0) is 42.7 Å². The monoisotopic (exact) mass is 428 g/mol. The van der Waals surface area contributed by atoms with Gasteiger partial charge in [-0.1, -0.05) is 60.7 Å². The Bertz CT molecular complexity index is 1310. The second-order valence-electron chi connectivity index (χ2n) is 7.72. The summed E-state index contributed by atoms with van der Waals surface area (Å²) in [6.45, 7) is 3.77. The molecule has 0 aliphatic rings. The fraction of sp³-hybridized carbons (Fsp3) is 0.185. The van der Waals surface area contributed by atoms with Gasteiger partial charge in [0.2, 0.25) is 6.10 Å². The number of rotatable bonds is 6. The minimum atomic E-state index is -0.949. The number of hydrogen-bond donors (Lipinski definition) is 0. The number of hydrogen-bond acceptors (Lipinski definition) is 5. The molecule has 0 N–H and O–H groups in total. The van der Waals surface area contributed by atoms with Gasteiger partial charge in [-0.3, -0.25) is 0 Å². The number of esters is 1. The van der Waals surface area contributed by atoms with Crippen LogP contribution in [-0.4, -0.2) is 13.1 Å². The molecule has 0 saturated heterocycles. The first-order chi connectivity index (χ1) is 15.5. The predicted molar refractivity (Wildman–Crippen MR) is 123 cm³/mol. The average molecular weight is 428 g/mol. The molecule has 0 fully saturated rings. The molecule has 0 unspecified atom stereocenters. The molecule has 5 heteroatoms. The summed E-state index contributed by atoms with van der Waals surface area (Å²) in [5.41, 5.74) is 3.92. The van der Waals surface area contributed by atoms with Gasteiger partial charge in [0.1, 0.15) is 11.3 Å². The zero-order valence-electron chi connectivity index (χ0n) is 18.3. The van der Waals surface area contributed by atoms with Gasteiger partial charge in [-0.15, -0.1) is 0 Å². The predicted octanol–water partition coefficient (Wildman–Crippen LogP) is 5.29. The van der Waals surface area contributed by atoms with Crippen molar-refractivity contribution in [2.45, 2.75) is 26.4 Å². The van der Waals surface area contributed by atoms with Crippen molar-refractivity contribution in [3.63, 3.8) is 0 Å². The molecule has 1 aromatic heterocycles. The molecule has 3 aromatic carbocycles. The molecule has 32 heavy (non-hydrogen) atoms. The highest BCUT2D eigenvalue weighted by molar-refractivity contribution is 5.89. The third-order valence-corrected chi connectivity index (χ3v) is 5.47. The Morgan fingerprint density at radius 2 is 1.62 bits per heavy atom. The van der Waals surface area contributed by atoms with Crippen LogP contribution in [0.1, 0.15) is 33.9 Å². The lowest BCUT2D eigenvalue weighted by molar-refractivity contribution is -0.149. The van der Waals surface area contributed by atoms with Crippen LogP contribution in [0.3, 0.4) is 0 Å². The lowest BCUT2D eigenvalue weighted by atomic mass is 9.98. The summed E-state index contributed by atoms with van der Waals surface area (Å²) < 4.78 is 16.9. The second-order valence-corrected chi connectivity index (χ2v) is 7.72. The number of benzene rings is 3. The largest absolute Gasteiger partial charge is 0.473 e. The van der Waals surface area contributed by atoms with Crippen molar-refractivity contribution in [2.24, 2.45) is 0 Å². The fourth-order valence-electron chi connectivity index (χ4n) is 3.85. The van der Waals surface area contributed by atoms with E-state index in [1.54, 1.807) is 6.07 Å². The number of ether oxygens (including phenoxy) is 2. The van der Waals surface area contributed by atoms with Gasteiger partial charge in [0.15, 0.2) is 0 Å². The van der Waals surface area contributed by atoms with Crippen molar-refractivity contribution in [1.82, 2.24) is 0 Å². The zero-order chi connectivity index (χ0) is 22.7. The molecule has 0 spiro atoms. The van der Waals surface area contributed by atoms with Crippen LogP contribution in [0.5, 0.6) is 5.75 Å². The molecule has 1 heterocycles. The van der Waals surface area contributed by atoms with E-state index < -0.39 is 12.1 Å². The van der Waals surface area contributed by atoms with Crippen molar-refractivity contribution >= 4 is 16.9 Å². The highest BCUT2D eigenvalue weighted by Gasteiger charge is 2.26. The summed E-state index contributed by atoms with van der Waals surface area (Å²) in [7, 11) is 1.33. The molecule has 0 bridgehead atoms. The maximum absolute atomic E-state index is 12.8. The van der Waals surface area contributed by atoms with E-state index in [9.17, 15) is 9.59 Å². The van der Waals surface area contributed by atoms with Crippen LogP contribution < -0.4 is 10.4 Å². The molecule has 0 aliphatic carbocycles. The van der Waals surface area contributed by atoms with Gasteiger partial charge in [0.25, 0.3) is 0 Å². The quantitative estimate of drug-likeness (QED) is 0.308. The topological polar surface area (TPSA) is 65.7 Å². The first kappa shape index (κ1) is 21.4. The Hall–Kier alpha value is -3.86. The molecule has 0 amide bonds. The molecular formula is C27H24O5. The summed E-state index contributed by atoms with van der Waals surface area (Å²) in [6, 6.07) is 22.6. The highest BCUT2D eigenvalue weighted by Crippen LogP contribution is 2.34. The van der Waals surface area contributed by atoms with Gasteiger partial charge in [0.05, 0.1) is 12.5 Å². The Labute approximate surface area is 186 Å². The minimum absolute atomic E-state index is 0.372. The Morgan fingerprint density at radius 1 is 0.969 bits per heavy atom. The van der Waals surface area contributed by atoms with Gasteiger partial charge >= 0.3 is 11.6 Å². The molecule has 4 rings (SSSR count). The van der Waals surface area contributed by atoms with Crippen molar-refractivity contribution in [1.29, 1.82) is 0 Å². The molecular weight excluding hydrogens is 404 g/mol. The summed E-state index contributed by atoms with van der Waals surface area (Å²) >= 11 is 0. The van der Waals surface area contributed by atoms with E-state index in [1.165, 1.54) is 7.11 Å². The van der Waals surface area contributed by atoms with Crippen LogP contribution in [0, 0.1) is 13.8 Å². The lowest BCUT2D eigenvalue weighted by Gasteiger charge is -2.20. The number of aryl methyl sites for hydroxylation is 2. The van der Waals surface area contributed by atoms with Crippen molar-refractivity contribution in [2.75, 3.05) is 7.11 Å². The van der Waals surface area contributed by atoms with Crippen LogP contribution in [0.2, 0.25) is 0 Å². The molecule has 162 valence electrons. The smallest absolute Gasteiger partial charge is 0.351 e. The van der Waals surface area contributed by atoms with Gasteiger partial charge in [0, 0.05) is 17.5 Å². The Morgan fingerprint density at radius 3 is 2.28 bits per heavy atom. The average Bonchev–Trinajstić information content (AvgIpc) is 2.80. The molecule has 1 atom stereocenters. The van der Waals surface area contributed by atoms with E-state index in [1.807, 2.05) is 80.6 Å². The van der Waals surface area contributed by atoms with Gasteiger partial charge in [-0.2, -0.15) is 0 Å².